The van der Waals surface area contributed by atoms with Crippen LogP contribution in [-0.2, 0) is 0 Å². The number of nitrogens with zero attached hydrogens (tertiary/aromatic N) is 4. The van der Waals surface area contributed by atoms with Crippen LogP contribution in [0.4, 0.5) is 5.13 Å². The van der Waals surface area contributed by atoms with E-state index >= 15 is 0 Å². The summed E-state index contributed by atoms with van der Waals surface area (Å²) in [7, 11) is 0. The molecule has 0 aliphatic carbocycles. The van der Waals surface area contributed by atoms with E-state index in [1.807, 2.05) is 24.4 Å². The van der Waals surface area contributed by atoms with Gasteiger partial charge >= 0.3 is 0 Å². The molecule has 2 N–H and O–H groups in total. The van der Waals surface area contributed by atoms with Crippen molar-refractivity contribution in [3.8, 4) is 10.8 Å². The fraction of sp³-hybridized carbons (Fsp3) is 0.200. The van der Waals surface area contributed by atoms with Crippen molar-refractivity contribution in [1.82, 2.24) is 20.4 Å². The van der Waals surface area contributed by atoms with E-state index in [1.165, 1.54) is 23.1 Å². The number of thiophene rings is 1. The highest BCUT2D eigenvalue weighted by atomic mass is 32.2. The molecule has 0 saturated carbocycles. The van der Waals surface area contributed by atoms with E-state index in [1.54, 1.807) is 11.3 Å². The molecule has 0 saturated heterocycles. The van der Waals surface area contributed by atoms with Gasteiger partial charge in [-0.25, -0.2) is 0 Å². The van der Waals surface area contributed by atoms with E-state index in [0.717, 1.165) is 9.22 Å². The highest BCUT2D eigenvalue weighted by Crippen LogP contribution is 2.37. The van der Waals surface area contributed by atoms with Gasteiger partial charge in [0.15, 0.2) is 4.34 Å². The third kappa shape index (κ3) is 2.77. The molecular formula is C10H9N5OS3. The second kappa shape index (κ2) is 5.27. The standard InChI is InChI=1S/C10H9N5OS3/c1-5(18-10-15-14-9(11)19-10)7-12-13-8(16-7)6-3-2-4-17-6/h2-5H,1H3,(H2,11,14)/t5-/m0/s1. The van der Waals surface area contributed by atoms with Gasteiger partial charge in [-0.05, 0) is 18.4 Å². The molecule has 3 rings (SSSR count). The van der Waals surface area contributed by atoms with Crippen LogP contribution >= 0.6 is 34.4 Å². The Labute approximate surface area is 121 Å². The maximum absolute atomic E-state index is 5.66. The fourth-order valence-corrected chi connectivity index (χ4v) is 3.82. The molecule has 0 spiro atoms. The third-order valence-electron chi connectivity index (χ3n) is 2.22. The first kappa shape index (κ1) is 12.6. The van der Waals surface area contributed by atoms with Gasteiger partial charge < -0.3 is 10.2 Å². The van der Waals surface area contributed by atoms with Gasteiger partial charge in [-0.1, -0.05) is 29.2 Å². The van der Waals surface area contributed by atoms with Crippen molar-refractivity contribution in [3.05, 3.63) is 23.4 Å². The Morgan fingerprint density at radius 1 is 1.32 bits per heavy atom. The second-order valence-corrected chi connectivity index (χ2v) is 7.13. The van der Waals surface area contributed by atoms with Crippen molar-refractivity contribution >= 4 is 39.6 Å². The minimum absolute atomic E-state index is 0.00793. The Kier molecular flexibility index (Phi) is 3.49. The average molecular weight is 311 g/mol. The van der Waals surface area contributed by atoms with Crippen LogP contribution in [0.2, 0.25) is 0 Å². The number of nitrogens with two attached hydrogens (primary N) is 1. The van der Waals surface area contributed by atoms with Crippen LogP contribution in [-0.4, -0.2) is 20.4 Å². The van der Waals surface area contributed by atoms with E-state index in [2.05, 4.69) is 20.4 Å². The Bertz CT molecular complexity index is 662. The molecule has 6 nitrogen and oxygen atoms in total. The predicted octanol–water partition coefficient (Wildman–Crippen LogP) is 3.09. The molecule has 19 heavy (non-hydrogen) atoms. The predicted molar refractivity (Wildman–Crippen MR) is 76.2 cm³/mol. The van der Waals surface area contributed by atoms with E-state index in [9.17, 15) is 0 Å². The number of hydrogen-bond donors (Lipinski definition) is 1. The Balaban J connectivity index is 1.75. The van der Waals surface area contributed by atoms with Gasteiger partial charge in [0.2, 0.25) is 11.0 Å². The van der Waals surface area contributed by atoms with Crippen molar-refractivity contribution in [2.75, 3.05) is 5.73 Å². The van der Waals surface area contributed by atoms with Crippen molar-refractivity contribution in [2.24, 2.45) is 0 Å². The van der Waals surface area contributed by atoms with Crippen LogP contribution < -0.4 is 5.73 Å². The van der Waals surface area contributed by atoms with Gasteiger partial charge in [-0.2, -0.15) is 0 Å². The van der Waals surface area contributed by atoms with Crippen LogP contribution in [0.3, 0.4) is 0 Å². The number of aromatic nitrogens is 4. The van der Waals surface area contributed by atoms with Crippen molar-refractivity contribution in [1.29, 1.82) is 0 Å². The molecule has 0 bridgehead atoms. The quantitative estimate of drug-likeness (QED) is 0.740. The van der Waals surface area contributed by atoms with E-state index < -0.39 is 0 Å². The summed E-state index contributed by atoms with van der Waals surface area (Å²) in [6, 6.07) is 3.90. The molecule has 0 aliphatic heterocycles. The molecule has 0 aromatic carbocycles. The van der Waals surface area contributed by atoms with Gasteiger partial charge in [0, 0.05) is 0 Å². The summed E-state index contributed by atoms with van der Waals surface area (Å²) in [5.41, 5.74) is 5.54. The van der Waals surface area contributed by atoms with Crippen molar-refractivity contribution < 1.29 is 4.42 Å². The Morgan fingerprint density at radius 3 is 2.89 bits per heavy atom. The zero-order chi connectivity index (χ0) is 13.2. The molecule has 0 aliphatic rings. The van der Waals surface area contributed by atoms with Gasteiger partial charge in [-0.15, -0.1) is 31.7 Å². The zero-order valence-corrected chi connectivity index (χ0v) is 12.3. The van der Waals surface area contributed by atoms with Crippen LogP contribution in [0.15, 0.2) is 26.3 Å². The summed E-state index contributed by atoms with van der Waals surface area (Å²) >= 11 is 4.41. The van der Waals surface area contributed by atoms with Crippen molar-refractivity contribution in [2.45, 2.75) is 16.5 Å². The van der Waals surface area contributed by atoms with E-state index in [4.69, 9.17) is 10.2 Å². The molecule has 98 valence electrons. The van der Waals surface area contributed by atoms with E-state index in [0.29, 0.717) is 16.9 Å². The lowest BCUT2D eigenvalue weighted by Crippen LogP contribution is -1.88. The zero-order valence-electron chi connectivity index (χ0n) is 9.81. The summed E-state index contributed by atoms with van der Waals surface area (Å²) < 4.78 is 6.45. The second-order valence-electron chi connectivity index (χ2n) is 3.59. The molecule has 3 aromatic rings. The third-order valence-corrected chi connectivity index (χ3v) is 5.00. The minimum atomic E-state index is 0.00793. The largest absolute Gasteiger partial charge is 0.419 e. The lowest BCUT2D eigenvalue weighted by atomic mass is 10.5. The number of hydrogen-bond acceptors (Lipinski definition) is 9. The molecule has 3 heterocycles. The molecule has 0 amide bonds. The SMILES string of the molecule is C[C@H](Sc1nnc(N)s1)c1nnc(-c2cccs2)o1. The van der Waals surface area contributed by atoms with Gasteiger partial charge in [0.25, 0.3) is 5.89 Å². The fourth-order valence-electron chi connectivity index (χ4n) is 1.37. The van der Waals surface area contributed by atoms with Crippen LogP contribution in [0, 0.1) is 0 Å². The van der Waals surface area contributed by atoms with Gasteiger partial charge in [0.05, 0.1) is 10.1 Å². The summed E-state index contributed by atoms with van der Waals surface area (Å²) in [6.45, 7) is 1.98. The van der Waals surface area contributed by atoms with Gasteiger partial charge in [-0.3, -0.25) is 0 Å². The summed E-state index contributed by atoms with van der Waals surface area (Å²) in [5, 5.41) is 18.3. The van der Waals surface area contributed by atoms with E-state index in [-0.39, 0.29) is 5.25 Å². The summed E-state index contributed by atoms with van der Waals surface area (Å²) in [6.07, 6.45) is 0. The average Bonchev–Trinajstić information content (AvgIpc) is 3.08. The molecule has 9 heteroatoms. The van der Waals surface area contributed by atoms with Crippen LogP contribution in [0.5, 0.6) is 0 Å². The topological polar surface area (TPSA) is 90.7 Å². The molecule has 1 atom stereocenters. The molecule has 0 radical (unpaired) electrons. The number of nitrogen functional groups attached to an aromatic ring is 1. The summed E-state index contributed by atoms with van der Waals surface area (Å²) in [4.78, 5) is 0.969. The molecule has 0 unspecified atom stereocenters. The maximum atomic E-state index is 5.66. The normalized spacial score (nSPS) is 12.7. The molecular weight excluding hydrogens is 302 g/mol. The van der Waals surface area contributed by atoms with Crippen LogP contribution in [0.25, 0.3) is 10.8 Å². The highest BCUT2D eigenvalue weighted by molar-refractivity contribution is 8.01. The molecule has 0 fully saturated rings. The lowest BCUT2D eigenvalue weighted by molar-refractivity contribution is 0.510. The van der Waals surface area contributed by atoms with Crippen molar-refractivity contribution in [3.63, 3.8) is 0 Å². The number of thioether (sulfide) groups is 1. The highest BCUT2D eigenvalue weighted by Gasteiger charge is 2.18. The van der Waals surface area contributed by atoms with Crippen LogP contribution in [0.1, 0.15) is 18.1 Å². The number of rotatable bonds is 4. The first-order chi connectivity index (χ1) is 9.22. The first-order valence-electron chi connectivity index (χ1n) is 5.35. The maximum Gasteiger partial charge on any atom is 0.257 e. The molecule has 3 aromatic heterocycles. The monoisotopic (exact) mass is 311 g/mol. The number of anilines is 1. The summed E-state index contributed by atoms with van der Waals surface area (Å²) in [5.74, 6) is 1.12. The minimum Gasteiger partial charge on any atom is -0.419 e. The Morgan fingerprint density at radius 2 is 2.21 bits per heavy atom. The first-order valence-corrected chi connectivity index (χ1v) is 7.93. The van der Waals surface area contributed by atoms with Gasteiger partial charge in [0.1, 0.15) is 0 Å². The lowest BCUT2D eigenvalue weighted by Gasteiger charge is -2.01. The smallest absolute Gasteiger partial charge is 0.257 e. The Hall–Kier alpha value is -1.45.